The summed E-state index contributed by atoms with van der Waals surface area (Å²) in [6, 6.07) is 16.3. The summed E-state index contributed by atoms with van der Waals surface area (Å²) in [5.41, 5.74) is 4.44. The minimum absolute atomic E-state index is 0.200. The lowest BCUT2D eigenvalue weighted by molar-refractivity contribution is 0.122. The van der Waals surface area contributed by atoms with Crippen molar-refractivity contribution in [1.82, 2.24) is 19.7 Å². The smallest absolute Gasteiger partial charge is 0.236 e. The molecule has 0 saturated carbocycles. The predicted molar refractivity (Wildman–Crippen MR) is 173 cm³/mol. The fraction of sp³-hybridized carbons (Fsp3) is 0.333. The lowest BCUT2D eigenvalue weighted by atomic mass is 10.1. The van der Waals surface area contributed by atoms with Crippen LogP contribution in [0.2, 0.25) is 0 Å². The van der Waals surface area contributed by atoms with Crippen LogP contribution in [0.15, 0.2) is 72.9 Å². The SMILES string of the molecule is C=CS(=O)(=O)N[C@@H]1CCCN(c2cccc(CS(=O)(=O)Nc3ccc(-c4cc5c(N6CCOCC6)ncnc5[nH]4)cc3)c2)C1. The standard InChI is InChI=1S/C30H35N7O5S2/c1-2-43(38,39)35-25-6-4-12-37(19-25)26-7-3-5-22(17-26)20-44(40,41)34-24-10-8-23(9-11-24)28-18-27-29(33-28)31-21-32-30(27)36-13-15-42-16-14-36/h2-3,5,7-11,17-18,21,25,34-35H,1,4,6,12-16,19-20H2,(H,31,32,33)/t25-/m1/s1. The van der Waals surface area contributed by atoms with Gasteiger partial charge in [0.2, 0.25) is 20.0 Å². The molecule has 2 aromatic carbocycles. The van der Waals surface area contributed by atoms with Crippen LogP contribution in [0.3, 0.4) is 0 Å². The van der Waals surface area contributed by atoms with E-state index in [4.69, 9.17) is 4.74 Å². The van der Waals surface area contributed by atoms with Gasteiger partial charge in [0.05, 0.1) is 24.4 Å². The first-order valence-corrected chi connectivity index (χ1v) is 17.6. The molecule has 6 rings (SSSR count). The molecule has 2 saturated heterocycles. The third-order valence-electron chi connectivity index (χ3n) is 7.79. The highest BCUT2D eigenvalue weighted by atomic mass is 32.2. The maximum Gasteiger partial charge on any atom is 0.236 e. The first-order chi connectivity index (χ1) is 21.2. The first-order valence-electron chi connectivity index (χ1n) is 14.4. The van der Waals surface area contributed by atoms with Crippen LogP contribution >= 0.6 is 0 Å². The number of aromatic amines is 1. The number of hydrogen-bond donors (Lipinski definition) is 3. The molecule has 2 fully saturated rings. The summed E-state index contributed by atoms with van der Waals surface area (Å²) in [4.78, 5) is 16.5. The highest BCUT2D eigenvalue weighted by molar-refractivity contribution is 7.92. The van der Waals surface area contributed by atoms with E-state index in [9.17, 15) is 16.8 Å². The Hall–Kier alpha value is -3.98. The van der Waals surface area contributed by atoms with Crippen molar-refractivity contribution in [2.45, 2.75) is 24.6 Å². The average molecular weight is 638 g/mol. The molecule has 0 spiro atoms. The predicted octanol–water partition coefficient (Wildman–Crippen LogP) is 3.44. The molecule has 4 aromatic rings. The number of nitrogens with zero attached hydrogens (tertiary/aromatic N) is 4. The van der Waals surface area contributed by atoms with Crippen LogP contribution < -0.4 is 19.2 Å². The van der Waals surface area contributed by atoms with Gasteiger partial charge in [0.15, 0.2) is 0 Å². The zero-order valence-corrected chi connectivity index (χ0v) is 25.8. The normalized spacial score (nSPS) is 18.0. The number of morpholine rings is 1. The largest absolute Gasteiger partial charge is 0.378 e. The van der Waals surface area contributed by atoms with Gasteiger partial charge in [0.1, 0.15) is 17.8 Å². The van der Waals surface area contributed by atoms with Crippen molar-refractivity contribution >= 4 is 48.3 Å². The number of aromatic nitrogens is 3. The fourth-order valence-electron chi connectivity index (χ4n) is 5.69. The Labute approximate surface area is 257 Å². The highest BCUT2D eigenvalue weighted by Crippen LogP contribution is 2.30. The van der Waals surface area contributed by atoms with Crippen LogP contribution in [0.25, 0.3) is 22.3 Å². The second kappa shape index (κ2) is 12.6. The second-order valence-electron chi connectivity index (χ2n) is 11.0. The van der Waals surface area contributed by atoms with E-state index in [2.05, 4.69) is 40.8 Å². The van der Waals surface area contributed by atoms with Crippen molar-refractivity contribution in [3.8, 4) is 11.3 Å². The Morgan fingerprint density at radius 1 is 1.00 bits per heavy atom. The van der Waals surface area contributed by atoms with Crippen LogP contribution in [0.1, 0.15) is 18.4 Å². The molecule has 232 valence electrons. The lowest BCUT2D eigenvalue weighted by Crippen LogP contribution is -2.47. The Morgan fingerprint density at radius 2 is 1.80 bits per heavy atom. The van der Waals surface area contributed by atoms with Crippen LogP contribution in [0.4, 0.5) is 17.2 Å². The van der Waals surface area contributed by atoms with Gasteiger partial charge in [-0.2, -0.15) is 0 Å². The van der Waals surface area contributed by atoms with Gasteiger partial charge in [-0.1, -0.05) is 30.8 Å². The summed E-state index contributed by atoms with van der Waals surface area (Å²) in [5.74, 6) is 0.667. The highest BCUT2D eigenvalue weighted by Gasteiger charge is 2.24. The van der Waals surface area contributed by atoms with E-state index in [0.29, 0.717) is 31.0 Å². The van der Waals surface area contributed by atoms with Crippen molar-refractivity contribution in [3.63, 3.8) is 0 Å². The van der Waals surface area contributed by atoms with Gasteiger partial charge in [-0.15, -0.1) is 0 Å². The second-order valence-corrected chi connectivity index (χ2v) is 14.3. The summed E-state index contributed by atoms with van der Waals surface area (Å²) < 4.78 is 60.9. The van der Waals surface area contributed by atoms with E-state index >= 15 is 0 Å². The maximum atomic E-state index is 13.1. The molecule has 12 nitrogen and oxygen atoms in total. The number of piperidine rings is 1. The Bertz CT molecular complexity index is 1850. The molecule has 2 aromatic heterocycles. The molecule has 4 heterocycles. The van der Waals surface area contributed by atoms with Crippen molar-refractivity contribution in [2.75, 3.05) is 53.9 Å². The third kappa shape index (κ3) is 7.04. The summed E-state index contributed by atoms with van der Waals surface area (Å²) in [6.45, 7) is 7.46. The zero-order valence-electron chi connectivity index (χ0n) is 24.1. The van der Waals surface area contributed by atoms with E-state index in [-0.39, 0.29) is 11.8 Å². The molecule has 0 bridgehead atoms. The van der Waals surface area contributed by atoms with Gasteiger partial charge in [-0.05, 0) is 54.3 Å². The van der Waals surface area contributed by atoms with Gasteiger partial charge in [0, 0.05) is 54.7 Å². The molecular weight excluding hydrogens is 603 g/mol. The Balaban J connectivity index is 1.12. The molecule has 3 N–H and O–H groups in total. The molecule has 44 heavy (non-hydrogen) atoms. The molecule has 2 aliphatic rings. The number of hydrogen-bond acceptors (Lipinski definition) is 9. The number of sulfonamides is 2. The van der Waals surface area contributed by atoms with Crippen LogP contribution in [0, 0.1) is 0 Å². The van der Waals surface area contributed by atoms with Gasteiger partial charge in [0.25, 0.3) is 0 Å². The van der Waals surface area contributed by atoms with E-state index < -0.39 is 20.0 Å². The molecule has 0 radical (unpaired) electrons. The summed E-state index contributed by atoms with van der Waals surface area (Å²) in [7, 11) is -7.23. The van der Waals surface area contributed by atoms with Crippen LogP contribution in [-0.2, 0) is 30.5 Å². The fourth-order valence-corrected chi connectivity index (χ4v) is 7.63. The van der Waals surface area contributed by atoms with Gasteiger partial charge < -0.3 is 19.5 Å². The number of anilines is 3. The molecule has 0 unspecified atom stereocenters. The number of fused-ring (bicyclic) bond motifs is 1. The molecule has 0 aliphatic carbocycles. The topological polar surface area (TPSA) is 150 Å². The summed E-state index contributed by atoms with van der Waals surface area (Å²) in [6.07, 6.45) is 3.09. The Morgan fingerprint density at radius 3 is 2.57 bits per heavy atom. The molecule has 1 atom stereocenters. The number of benzene rings is 2. The minimum Gasteiger partial charge on any atom is -0.378 e. The van der Waals surface area contributed by atoms with Crippen molar-refractivity contribution in [2.24, 2.45) is 0 Å². The zero-order chi connectivity index (χ0) is 30.7. The number of ether oxygens (including phenoxy) is 1. The summed E-state index contributed by atoms with van der Waals surface area (Å²) >= 11 is 0. The molecular formula is C30H35N7O5S2. The Kier molecular flexibility index (Phi) is 8.58. The summed E-state index contributed by atoms with van der Waals surface area (Å²) in [5, 5.41) is 1.84. The minimum atomic E-state index is -3.70. The monoisotopic (exact) mass is 637 g/mol. The number of rotatable bonds is 10. The third-order valence-corrected chi connectivity index (χ3v) is 10.1. The van der Waals surface area contributed by atoms with Crippen molar-refractivity contribution in [1.29, 1.82) is 0 Å². The molecule has 2 aliphatic heterocycles. The van der Waals surface area contributed by atoms with Crippen LogP contribution in [0.5, 0.6) is 0 Å². The maximum absolute atomic E-state index is 13.1. The van der Waals surface area contributed by atoms with Gasteiger partial charge in [-0.25, -0.2) is 31.5 Å². The van der Waals surface area contributed by atoms with E-state index in [1.54, 1.807) is 24.5 Å². The van der Waals surface area contributed by atoms with E-state index in [0.717, 1.165) is 71.7 Å². The van der Waals surface area contributed by atoms with Crippen molar-refractivity contribution < 1.29 is 21.6 Å². The van der Waals surface area contributed by atoms with Crippen LogP contribution in [-0.4, -0.2) is 77.2 Å². The number of H-pyrrole nitrogens is 1. The average Bonchev–Trinajstić information content (AvgIpc) is 3.46. The first kappa shape index (κ1) is 30.1. The van der Waals surface area contributed by atoms with E-state index in [1.807, 2.05) is 36.4 Å². The molecule has 14 heteroatoms. The molecule has 0 amide bonds. The van der Waals surface area contributed by atoms with Crippen molar-refractivity contribution in [3.05, 3.63) is 78.5 Å². The quantitative estimate of drug-likeness (QED) is 0.238. The van der Waals surface area contributed by atoms with Gasteiger partial charge >= 0.3 is 0 Å². The lowest BCUT2D eigenvalue weighted by Gasteiger charge is -2.34. The van der Waals surface area contributed by atoms with Gasteiger partial charge in [-0.3, -0.25) is 4.72 Å². The number of nitrogens with one attached hydrogen (secondary N) is 3. The van der Waals surface area contributed by atoms with E-state index in [1.165, 1.54) is 0 Å².